The number of esters is 1. The molecule has 8 heteroatoms. The van der Waals surface area contributed by atoms with Gasteiger partial charge in [-0.2, -0.15) is 0 Å². The first-order valence-electron chi connectivity index (χ1n) is 11.1. The first kappa shape index (κ1) is 22.2. The number of benzene rings is 2. The third-order valence-electron chi connectivity index (χ3n) is 6.10. The standard InChI is InChI=1S/C27H23N3O5/c1-16-13-19(17(2)30(16)23-10-6-8-18-7-4-5-9-21(18)23)14-22-25(31)29(27(33)28-22)15-20-11-12-24(35-20)26(32)34-3/h4-14H,15H2,1-3H3,(H,28,33)/b22-14-. The third-order valence-corrected chi connectivity index (χ3v) is 6.10. The van der Waals surface area contributed by atoms with E-state index in [1.54, 1.807) is 6.08 Å². The summed E-state index contributed by atoms with van der Waals surface area (Å²) in [5.41, 5.74) is 4.00. The van der Waals surface area contributed by atoms with Gasteiger partial charge >= 0.3 is 12.0 Å². The van der Waals surface area contributed by atoms with Crippen molar-refractivity contribution in [3.05, 3.63) is 94.8 Å². The summed E-state index contributed by atoms with van der Waals surface area (Å²) in [6, 6.07) is 18.7. The molecule has 0 spiro atoms. The second-order valence-electron chi connectivity index (χ2n) is 8.30. The van der Waals surface area contributed by atoms with E-state index in [0.29, 0.717) is 5.76 Å². The van der Waals surface area contributed by atoms with Gasteiger partial charge in [0.1, 0.15) is 11.5 Å². The zero-order valence-corrected chi connectivity index (χ0v) is 19.5. The minimum absolute atomic E-state index is 0.00574. The lowest BCUT2D eigenvalue weighted by molar-refractivity contribution is -0.123. The van der Waals surface area contributed by atoms with E-state index in [2.05, 4.69) is 38.9 Å². The molecule has 35 heavy (non-hydrogen) atoms. The van der Waals surface area contributed by atoms with E-state index < -0.39 is 17.9 Å². The van der Waals surface area contributed by atoms with Gasteiger partial charge < -0.3 is 19.0 Å². The summed E-state index contributed by atoms with van der Waals surface area (Å²) in [6.07, 6.45) is 1.69. The normalized spacial score (nSPS) is 14.7. The van der Waals surface area contributed by atoms with Crippen LogP contribution < -0.4 is 5.32 Å². The Kier molecular flexibility index (Phi) is 5.49. The summed E-state index contributed by atoms with van der Waals surface area (Å²) in [5.74, 6) is -0.799. The molecule has 3 heterocycles. The van der Waals surface area contributed by atoms with Gasteiger partial charge in [-0.1, -0.05) is 36.4 Å². The Morgan fingerprint density at radius 1 is 1.06 bits per heavy atom. The van der Waals surface area contributed by atoms with E-state index in [0.717, 1.165) is 38.3 Å². The van der Waals surface area contributed by atoms with Crippen molar-refractivity contribution in [3.8, 4) is 5.69 Å². The lowest BCUT2D eigenvalue weighted by Crippen LogP contribution is -2.30. The van der Waals surface area contributed by atoms with Crippen molar-refractivity contribution >= 4 is 34.8 Å². The minimum atomic E-state index is -0.629. The molecule has 176 valence electrons. The molecule has 1 aliphatic heterocycles. The van der Waals surface area contributed by atoms with Gasteiger partial charge in [-0.3, -0.25) is 9.69 Å². The molecule has 0 aliphatic carbocycles. The van der Waals surface area contributed by atoms with Gasteiger partial charge in [0.05, 0.1) is 19.3 Å². The van der Waals surface area contributed by atoms with Crippen LogP contribution in [-0.4, -0.2) is 34.5 Å². The van der Waals surface area contributed by atoms with Crippen molar-refractivity contribution in [2.45, 2.75) is 20.4 Å². The predicted molar refractivity (Wildman–Crippen MR) is 130 cm³/mol. The number of aryl methyl sites for hydroxylation is 1. The molecule has 5 rings (SSSR count). The molecular weight excluding hydrogens is 446 g/mol. The van der Waals surface area contributed by atoms with Crippen molar-refractivity contribution in [1.29, 1.82) is 0 Å². The highest BCUT2D eigenvalue weighted by atomic mass is 16.5. The maximum Gasteiger partial charge on any atom is 0.373 e. The summed E-state index contributed by atoms with van der Waals surface area (Å²) in [4.78, 5) is 38.2. The number of hydrogen-bond donors (Lipinski definition) is 1. The van der Waals surface area contributed by atoms with E-state index in [9.17, 15) is 14.4 Å². The Hall–Kier alpha value is -4.59. The molecule has 0 atom stereocenters. The average Bonchev–Trinajstić information content (AvgIpc) is 3.51. The smallest absolute Gasteiger partial charge is 0.373 e. The number of fused-ring (bicyclic) bond motifs is 1. The maximum absolute atomic E-state index is 13.0. The number of aromatic nitrogens is 1. The minimum Gasteiger partial charge on any atom is -0.463 e. The Morgan fingerprint density at radius 2 is 1.83 bits per heavy atom. The number of nitrogens with zero attached hydrogens (tertiary/aromatic N) is 2. The van der Waals surface area contributed by atoms with Crippen LogP contribution in [0, 0.1) is 13.8 Å². The van der Waals surface area contributed by atoms with Crippen LogP contribution in [0.15, 0.2) is 70.8 Å². The molecule has 0 unspecified atom stereocenters. The molecule has 1 saturated heterocycles. The fraction of sp³-hybridized carbons (Fsp3) is 0.148. The van der Waals surface area contributed by atoms with Crippen LogP contribution >= 0.6 is 0 Å². The SMILES string of the molecule is COC(=O)c1ccc(CN2C(=O)N/C(=C\c3cc(C)n(-c4cccc5ccccc45)c3C)C2=O)o1. The second-order valence-corrected chi connectivity index (χ2v) is 8.30. The lowest BCUT2D eigenvalue weighted by Gasteiger charge is -2.13. The van der Waals surface area contributed by atoms with Crippen molar-refractivity contribution in [2.75, 3.05) is 7.11 Å². The number of carbonyl (C=O) groups is 3. The van der Waals surface area contributed by atoms with E-state index >= 15 is 0 Å². The van der Waals surface area contributed by atoms with E-state index in [4.69, 9.17) is 4.42 Å². The second kappa shape index (κ2) is 8.64. The third kappa shape index (κ3) is 3.89. The van der Waals surface area contributed by atoms with Crippen LogP contribution in [0.1, 0.15) is 33.3 Å². The fourth-order valence-electron chi connectivity index (χ4n) is 4.41. The molecule has 0 radical (unpaired) electrons. The Labute approximate surface area is 201 Å². The lowest BCUT2D eigenvalue weighted by atomic mass is 10.1. The van der Waals surface area contributed by atoms with Crippen molar-refractivity contribution < 1.29 is 23.5 Å². The highest BCUT2D eigenvalue weighted by molar-refractivity contribution is 6.14. The molecule has 3 amide bonds. The first-order chi connectivity index (χ1) is 16.9. The Bertz CT molecular complexity index is 1520. The summed E-state index contributed by atoms with van der Waals surface area (Å²) < 4.78 is 12.2. The van der Waals surface area contributed by atoms with Crippen LogP contribution in [0.2, 0.25) is 0 Å². The number of methoxy groups -OCH3 is 1. The molecule has 8 nitrogen and oxygen atoms in total. The van der Waals surface area contributed by atoms with Gasteiger partial charge in [-0.15, -0.1) is 0 Å². The predicted octanol–water partition coefficient (Wildman–Crippen LogP) is 4.72. The molecular formula is C27H23N3O5. The first-order valence-corrected chi connectivity index (χ1v) is 11.1. The van der Waals surface area contributed by atoms with Crippen LogP contribution in [0.3, 0.4) is 0 Å². The summed E-state index contributed by atoms with van der Waals surface area (Å²) in [5, 5.41) is 4.91. The number of imide groups is 1. The Morgan fingerprint density at radius 3 is 2.63 bits per heavy atom. The monoisotopic (exact) mass is 469 g/mol. The number of furan rings is 1. The number of ether oxygens (including phenoxy) is 1. The van der Waals surface area contributed by atoms with Crippen molar-refractivity contribution in [1.82, 2.24) is 14.8 Å². The maximum atomic E-state index is 13.0. The Balaban J connectivity index is 1.44. The molecule has 2 aromatic heterocycles. The molecule has 4 aromatic rings. The van der Waals surface area contributed by atoms with Gasteiger partial charge in [-0.05, 0) is 55.1 Å². The number of urea groups is 1. The number of carbonyl (C=O) groups excluding carboxylic acids is 3. The zero-order chi connectivity index (χ0) is 24.7. The van der Waals surface area contributed by atoms with Crippen molar-refractivity contribution in [3.63, 3.8) is 0 Å². The summed E-state index contributed by atoms with van der Waals surface area (Å²) >= 11 is 0. The van der Waals surface area contributed by atoms with E-state index in [1.807, 2.05) is 38.1 Å². The van der Waals surface area contributed by atoms with E-state index in [-0.39, 0.29) is 18.0 Å². The molecule has 1 aliphatic rings. The van der Waals surface area contributed by atoms with Gasteiger partial charge in [0.2, 0.25) is 5.76 Å². The summed E-state index contributed by atoms with van der Waals surface area (Å²) in [6.45, 7) is 3.89. The molecule has 1 N–H and O–H groups in total. The highest BCUT2D eigenvalue weighted by Gasteiger charge is 2.34. The van der Waals surface area contributed by atoms with Crippen LogP contribution in [0.25, 0.3) is 22.5 Å². The van der Waals surface area contributed by atoms with Crippen LogP contribution in [-0.2, 0) is 16.1 Å². The fourth-order valence-corrected chi connectivity index (χ4v) is 4.41. The highest BCUT2D eigenvalue weighted by Crippen LogP contribution is 2.29. The molecule has 1 fully saturated rings. The van der Waals surface area contributed by atoms with Gasteiger partial charge in [0, 0.05) is 16.8 Å². The number of nitrogens with one attached hydrogen (secondary N) is 1. The zero-order valence-electron chi connectivity index (χ0n) is 19.5. The number of rotatable bonds is 5. The molecule has 0 saturated carbocycles. The molecule has 0 bridgehead atoms. The van der Waals surface area contributed by atoms with Crippen LogP contribution in [0.4, 0.5) is 4.79 Å². The van der Waals surface area contributed by atoms with Crippen LogP contribution in [0.5, 0.6) is 0 Å². The number of amides is 3. The number of hydrogen-bond acceptors (Lipinski definition) is 5. The average molecular weight is 469 g/mol. The topological polar surface area (TPSA) is 93.8 Å². The molecule has 2 aromatic carbocycles. The van der Waals surface area contributed by atoms with Gasteiger partial charge in [0.25, 0.3) is 5.91 Å². The van der Waals surface area contributed by atoms with Gasteiger partial charge in [-0.25, -0.2) is 9.59 Å². The quantitative estimate of drug-likeness (QED) is 0.259. The van der Waals surface area contributed by atoms with E-state index in [1.165, 1.54) is 19.2 Å². The van der Waals surface area contributed by atoms with Gasteiger partial charge in [0.15, 0.2) is 0 Å². The summed E-state index contributed by atoms with van der Waals surface area (Å²) in [7, 11) is 1.25. The van der Waals surface area contributed by atoms with Crippen molar-refractivity contribution in [2.24, 2.45) is 0 Å². The largest absolute Gasteiger partial charge is 0.463 e.